The smallest absolute Gasteiger partial charge is 0.269 e. The van der Waals surface area contributed by atoms with E-state index in [1.807, 2.05) is 0 Å². The SMILES string of the molecule is CN(Cc1cc([N+](=O)[O-])ccc1Cl)C(=O)c1cc(Cl)c2c(c1)OCO2. The summed E-state index contributed by atoms with van der Waals surface area (Å²) in [4.78, 5) is 24.4. The van der Waals surface area contributed by atoms with Gasteiger partial charge in [-0.3, -0.25) is 14.9 Å². The van der Waals surface area contributed by atoms with E-state index in [0.717, 1.165) is 0 Å². The largest absolute Gasteiger partial charge is 0.454 e. The number of halogens is 2. The van der Waals surface area contributed by atoms with Gasteiger partial charge in [0.05, 0.1) is 9.95 Å². The van der Waals surface area contributed by atoms with Crippen molar-refractivity contribution in [3.05, 3.63) is 61.6 Å². The maximum atomic E-state index is 12.6. The van der Waals surface area contributed by atoms with Gasteiger partial charge in [0.25, 0.3) is 11.6 Å². The van der Waals surface area contributed by atoms with Crippen molar-refractivity contribution in [2.75, 3.05) is 13.8 Å². The van der Waals surface area contributed by atoms with E-state index < -0.39 is 4.92 Å². The number of benzene rings is 2. The number of hydrogen-bond acceptors (Lipinski definition) is 5. The van der Waals surface area contributed by atoms with Crippen LogP contribution < -0.4 is 9.47 Å². The molecular weight excluding hydrogens is 371 g/mol. The number of non-ortho nitro benzene ring substituents is 1. The van der Waals surface area contributed by atoms with Crippen LogP contribution >= 0.6 is 23.2 Å². The van der Waals surface area contributed by atoms with Gasteiger partial charge in [-0.1, -0.05) is 23.2 Å². The van der Waals surface area contributed by atoms with E-state index in [1.165, 1.54) is 29.2 Å². The molecule has 1 heterocycles. The fraction of sp³-hybridized carbons (Fsp3) is 0.188. The van der Waals surface area contributed by atoms with Crippen molar-refractivity contribution < 1.29 is 19.2 Å². The first-order valence-electron chi connectivity index (χ1n) is 7.14. The Kier molecular flexibility index (Phi) is 4.69. The van der Waals surface area contributed by atoms with Crippen LogP contribution in [0.15, 0.2) is 30.3 Å². The number of nitro groups is 1. The molecule has 0 bridgehead atoms. The normalized spacial score (nSPS) is 12.1. The highest BCUT2D eigenvalue weighted by Gasteiger charge is 2.23. The molecule has 0 saturated heterocycles. The first-order chi connectivity index (χ1) is 11.9. The van der Waals surface area contributed by atoms with Crippen LogP contribution in [0, 0.1) is 10.1 Å². The summed E-state index contributed by atoms with van der Waals surface area (Å²) in [6.07, 6.45) is 0. The van der Waals surface area contributed by atoms with Gasteiger partial charge in [-0.2, -0.15) is 0 Å². The van der Waals surface area contributed by atoms with Crippen molar-refractivity contribution in [3.63, 3.8) is 0 Å². The molecule has 0 aliphatic carbocycles. The van der Waals surface area contributed by atoms with E-state index in [1.54, 1.807) is 13.1 Å². The lowest BCUT2D eigenvalue weighted by Crippen LogP contribution is -2.26. The lowest BCUT2D eigenvalue weighted by Gasteiger charge is -2.18. The molecule has 0 atom stereocenters. The summed E-state index contributed by atoms with van der Waals surface area (Å²) in [5.41, 5.74) is 0.697. The number of hydrogen-bond donors (Lipinski definition) is 0. The zero-order valence-corrected chi connectivity index (χ0v) is 14.5. The zero-order chi connectivity index (χ0) is 18.1. The molecule has 1 amide bonds. The fourth-order valence-corrected chi connectivity index (χ4v) is 2.88. The molecule has 130 valence electrons. The topological polar surface area (TPSA) is 81.9 Å². The van der Waals surface area contributed by atoms with Crippen LogP contribution in [0.2, 0.25) is 10.0 Å². The molecule has 7 nitrogen and oxygen atoms in total. The summed E-state index contributed by atoms with van der Waals surface area (Å²) in [5, 5.41) is 11.5. The highest BCUT2D eigenvalue weighted by atomic mass is 35.5. The number of fused-ring (bicyclic) bond motifs is 1. The Labute approximate surface area is 152 Å². The molecule has 25 heavy (non-hydrogen) atoms. The minimum Gasteiger partial charge on any atom is -0.454 e. The van der Waals surface area contributed by atoms with Gasteiger partial charge < -0.3 is 14.4 Å². The van der Waals surface area contributed by atoms with E-state index in [2.05, 4.69) is 0 Å². The summed E-state index contributed by atoms with van der Waals surface area (Å²) in [5.74, 6) is 0.475. The molecule has 0 saturated carbocycles. The van der Waals surface area contributed by atoms with Gasteiger partial charge in [-0.15, -0.1) is 0 Å². The van der Waals surface area contributed by atoms with Gasteiger partial charge in [0.2, 0.25) is 6.79 Å². The van der Waals surface area contributed by atoms with Crippen molar-refractivity contribution in [1.82, 2.24) is 4.90 Å². The van der Waals surface area contributed by atoms with E-state index in [4.69, 9.17) is 32.7 Å². The highest BCUT2D eigenvalue weighted by Crippen LogP contribution is 2.40. The summed E-state index contributed by atoms with van der Waals surface area (Å²) in [6, 6.07) is 7.12. The standard InChI is InChI=1S/C16H12Cl2N2O5/c1-19(7-10-4-11(20(22)23)2-3-12(10)17)16(21)9-5-13(18)15-14(6-9)24-8-25-15/h2-6H,7-8H2,1H3. The number of ether oxygens (including phenoxy) is 2. The molecule has 0 unspecified atom stereocenters. The monoisotopic (exact) mass is 382 g/mol. The average molecular weight is 383 g/mol. The maximum absolute atomic E-state index is 12.6. The van der Waals surface area contributed by atoms with Crippen LogP contribution in [0.5, 0.6) is 11.5 Å². The second kappa shape index (κ2) is 6.78. The van der Waals surface area contributed by atoms with Crippen LogP contribution in [0.1, 0.15) is 15.9 Å². The maximum Gasteiger partial charge on any atom is 0.269 e. The lowest BCUT2D eigenvalue weighted by atomic mass is 10.1. The molecule has 2 aromatic carbocycles. The lowest BCUT2D eigenvalue weighted by molar-refractivity contribution is -0.384. The number of nitro benzene ring substituents is 1. The van der Waals surface area contributed by atoms with Crippen molar-refractivity contribution in [2.45, 2.75) is 6.54 Å². The predicted molar refractivity (Wildman–Crippen MR) is 91.5 cm³/mol. The molecule has 0 spiro atoms. The predicted octanol–water partition coefficient (Wildman–Crippen LogP) is 3.90. The number of nitrogens with zero attached hydrogens (tertiary/aromatic N) is 2. The van der Waals surface area contributed by atoms with Gasteiger partial charge >= 0.3 is 0 Å². The molecule has 1 aliphatic heterocycles. The van der Waals surface area contributed by atoms with Crippen molar-refractivity contribution in [3.8, 4) is 11.5 Å². The minimum absolute atomic E-state index is 0.0474. The summed E-state index contributed by atoms with van der Waals surface area (Å²) >= 11 is 12.2. The molecule has 0 fully saturated rings. The average Bonchev–Trinajstić information content (AvgIpc) is 3.05. The molecule has 0 aromatic heterocycles. The minimum atomic E-state index is -0.515. The van der Waals surface area contributed by atoms with Crippen molar-refractivity contribution >= 4 is 34.8 Å². The van der Waals surface area contributed by atoms with Crippen LogP contribution in [0.25, 0.3) is 0 Å². The highest BCUT2D eigenvalue weighted by molar-refractivity contribution is 6.32. The van der Waals surface area contributed by atoms with E-state index >= 15 is 0 Å². The van der Waals surface area contributed by atoms with Crippen LogP contribution in [0.3, 0.4) is 0 Å². The third-order valence-electron chi connectivity index (χ3n) is 3.67. The Hall–Kier alpha value is -2.51. The number of carbonyl (C=O) groups is 1. The number of amides is 1. The third kappa shape index (κ3) is 3.47. The van der Waals surface area contributed by atoms with Gasteiger partial charge in [0.15, 0.2) is 11.5 Å². The Morgan fingerprint density at radius 2 is 2.00 bits per heavy atom. The second-order valence-corrected chi connectivity index (χ2v) is 6.20. The first kappa shape index (κ1) is 17.3. The van der Waals surface area contributed by atoms with Gasteiger partial charge in [0, 0.05) is 36.3 Å². The van der Waals surface area contributed by atoms with E-state index in [9.17, 15) is 14.9 Å². The third-order valence-corrected chi connectivity index (χ3v) is 4.32. The van der Waals surface area contributed by atoms with Crippen molar-refractivity contribution in [2.24, 2.45) is 0 Å². The molecular formula is C16H12Cl2N2O5. The number of rotatable bonds is 4. The molecule has 1 aliphatic rings. The zero-order valence-electron chi connectivity index (χ0n) is 13.0. The molecule has 3 rings (SSSR count). The Morgan fingerprint density at radius 3 is 2.72 bits per heavy atom. The Balaban J connectivity index is 1.83. The van der Waals surface area contributed by atoms with E-state index in [-0.39, 0.29) is 30.0 Å². The Bertz CT molecular complexity index is 872. The molecule has 9 heteroatoms. The second-order valence-electron chi connectivity index (χ2n) is 5.39. The van der Waals surface area contributed by atoms with E-state index in [0.29, 0.717) is 27.6 Å². The van der Waals surface area contributed by atoms with Gasteiger partial charge in [0.1, 0.15) is 0 Å². The summed E-state index contributed by atoms with van der Waals surface area (Å²) in [6.45, 7) is 0.150. The van der Waals surface area contributed by atoms with Gasteiger partial charge in [-0.25, -0.2) is 0 Å². The van der Waals surface area contributed by atoms with Gasteiger partial charge in [-0.05, 0) is 23.8 Å². The van der Waals surface area contributed by atoms with Crippen molar-refractivity contribution in [1.29, 1.82) is 0 Å². The molecule has 0 radical (unpaired) electrons. The first-order valence-corrected chi connectivity index (χ1v) is 7.90. The Morgan fingerprint density at radius 1 is 1.24 bits per heavy atom. The van der Waals surface area contributed by atoms with Crippen LogP contribution in [-0.4, -0.2) is 29.6 Å². The summed E-state index contributed by atoms with van der Waals surface area (Å²) < 4.78 is 10.5. The number of carbonyl (C=O) groups excluding carboxylic acids is 1. The van der Waals surface area contributed by atoms with Crippen LogP contribution in [-0.2, 0) is 6.54 Å². The summed E-state index contributed by atoms with van der Waals surface area (Å²) in [7, 11) is 1.57. The molecule has 0 N–H and O–H groups in total. The van der Waals surface area contributed by atoms with Crippen LogP contribution in [0.4, 0.5) is 5.69 Å². The fourth-order valence-electron chi connectivity index (χ4n) is 2.43. The quantitative estimate of drug-likeness (QED) is 0.591. The molecule has 2 aromatic rings.